The fraction of sp³-hybridized carbons (Fsp3) is 0.556. The lowest BCUT2D eigenvalue weighted by atomic mass is 9.70. The fourth-order valence-corrected chi connectivity index (χ4v) is 4.47. The number of methoxy groups -OCH3 is 1. The summed E-state index contributed by atoms with van der Waals surface area (Å²) in [5.74, 6) is 0.302. The number of imidazole rings is 1. The van der Waals surface area contributed by atoms with E-state index >= 15 is 0 Å². The molecule has 0 spiro atoms. The molecule has 5 heteroatoms. The molecule has 0 aliphatic heterocycles. The second kappa shape index (κ2) is 5.82. The first-order valence-electron chi connectivity index (χ1n) is 8.06. The molecule has 2 aromatic rings. The summed E-state index contributed by atoms with van der Waals surface area (Å²) in [5, 5.41) is 0.497. The average molecular weight is 335 g/mol. The van der Waals surface area contributed by atoms with Gasteiger partial charge in [-0.05, 0) is 60.4 Å². The van der Waals surface area contributed by atoms with E-state index in [1.165, 1.54) is 13.5 Å². The van der Waals surface area contributed by atoms with E-state index in [2.05, 4.69) is 30.3 Å². The van der Waals surface area contributed by atoms with Crippen LogP contribution >= 0.6 is 11.6 Å². The van der Waals surface area contributed by atoms with Crippen molar-refractivity contribution < 1.29 is 9.53 Å². The highest BCUT2D eigenvalue weighted by Gasteiger charge is 2.34. The molecule has 1 saturated carbocycles. The van der Waals surface area contributed by atoms with Crippen molar-refractivity contribution in [3.63, 3.8) is 0 Å². The Morgan fingerprint density at radius 2 is 2.13 bits per heavy atom. The molecular weight excluding hydrogens is 312 g/mol. The first kappa shape index (κ1) is 16.3. The summed E-state index contributed by atoms with van der Waals surface area (Å²) < 4.78 is 6.91. The predicted octanol–water partition coefficient (Wildman–Crippen LogP) is 4.86. The van der Waals surface area contributed by atoms with Gasteiger partial charge in [-0.3, -0.25) is 0 Å². The number of hydrogen-bond acceptors (Lipinski definition) is 3. The standard InChI is InChI=1S/C18H23ClN2O2/c1-11-7-13(10-18(2,3)9-11)21-15-6-5-12(16(22)23-4)8-14(15)20-17(21)19/h5-6,8,11,13H,7,9-10H2,1-4H3/t11-,13?/m1/s1. The minimum atomic E-state index is -0.356. The molecule has 0 amide bonds. The summed E-state index contributed by atoms with van der Waals surface area (Å²) in [6.07, 6.45) is 3.43. The molecule has 1 unspecified atom stereocenters. The van der Waals surface area contributed by atoms with Crippen molar-refractivity contribution in [2.75, 3.05) is 7.11 Å². The Balaban J connectivity index is 2.04. The monoisotopic (exact) mass is 334 g/mol. The molecule has 0 radical (unpaired) electrons. The third kappa shape index (κ3) is 3.09. The van der Waals surface area contributed by atoms with Crippen molar-refractivity contribution in [1.82, 2.24) is 9.55 Å². The van der Waals surface area contributed by atoms with E-state index in [1.807, 2.05) is 6.07 Å². The highest BCUT2D eigenvalue weighted by atomic mass is 35.5. The predicted molar refractivity (Wildman–Crippen MR) is 91.9 cm³/mol. The zero-order chi connectivity index (χ0) is 16.8. The molecule has 124 valence electrons. The maximum absolute atomic E-state index is 11.7. The molecule has 4 nitrogen and oxygen atoms in total. The third-order valence-corrected chi connectivity index (χ3v) is 5.06. The highest BCUT2D eigenvalue weighted by molar-refractivity contribution is 6.29. The van der Waals surface area contributed by atoms with Crippen LogP contribution < -0.4 is 0 Å². The maximum Gasteiger partial charge on any atom is 0.337 e. The van der Waals surface area contributed by atoms with Gasteiger partial charge in [-0.15, -0.1) is 0 Å². The Labute approximate surface area is 141 Å². The van der Waals surface area contributed by atoms with E-state index in [4.69, 9.17) is 16.3 Å². The maximum atomic E-state index is 11.7. The second-order valence-corrected chi connectivity index (χ2v) is 7.85. The van der Waals surface area contributed by atoms with Crippen LogP contribution in [0.1, 0.15) is 56.4 Å². The molecule has 3 rings (SSSR count). The van der Waals surface area contributed by atoms with E-state index < -0.39 is 0 Å². The van der Waals surface area contributed by atoms with E-state index in [9.17, 15) is 4.79 Å². The van der Waals surface area contributed by atoms with Crippen molar-refractivity contribution >= 4 is 28.6 Å². The Bertz CT molecular complexity index is 751. The first-order valence-corrected chi connectivity index (χ1v) is 8.44. The summed E-state index contributed by atoms with van der Waals surface area (Å²) in [5.41, 5.74) is 2.53. The number of fused-ring (bicyclic) bond motifs is 1. The lowest BCUT2D eigenvalue weighted by Gasteiger charge is -2.39. The number of halogens is 1. The molecule has 1 aliphatic rings. The normalized spacial score (nSPS) is 23.9. The van der Waals surface area contributed by atoms with Crippen LogP contribution in [0.5, 0.6) is 0 Å². The van der Waals surface area contributed by atoms with Gasteiger partial charge in [0, 0.05) is 6.04 Å². The van der Waals surface area contributed by atoms with Crippen LogP contribution in [0.25, 0.3) is 11.0 Å². The number of hydrogen-bond donors (Lipinski definition) is 0. The van der Waals surface area contributed by atoms with Crippen LogP contribution in [0, 0.1) is 11.3 Å². The average Bonchev–Trinajstić information content (AvgIpc) is 2.79. The highest BCUT2D eigenvalue weighted by Crippen LogP contribution is 2.45. The van der Waals surface area contributed by atoms with Gasteiger partial charge in [-0.2, -0.15) is 0 Å². The number of aromatic nitrogens is 2. The summed E-state index contributed by atoms with van der Waals surface area (Å²) >= 11 is 6.44. The number of carbonyl (C=O) groups is 1. The van der Waals surface area contributed by atoms with Gasteiger partial charge in [-0.25, -0.2) is 9.78 Å². The Morgan fingerprint density at radius 3 is 2.78 bits per heavy atom. The van der Waals surface area contributed by atoms with Gasteiger partial charge in [0.15, 0.2) is 0 Å². The molecule has 0 saturated heterocycles. The molecule has 1 fully saturated rings. The van der Waals surface area contributed by atoms with Crippen molar-refractivity contribution in [3.05, 3.63) is 29.0 Å². The Kier molecular flexibility index (Phi) is 4.13. The number of benzene rings is 1. The van der Waals surface area contributed by atoms with Gasteiger partial charge >= 0.3 is 5.97 Å². The van der Waals surface area contributed by atoms with Gasteiger partial charge in [0.05, 0.1) is 23.7 Å². The molecule has 1 heterocycles. The van der Waals surface area contributed by atoms with Crippen LogP contribution in [0.15, 0.2) is 18.2 Å². The fourth-order valence-electron chi connectivity index (χ4n) is 4.15. The quantitative estimate of drug-likeness (QED) is 0.736. The number of esters is 1. The van der Waals surface area contributed by atoms with Gasteiger partial charge in [-0.1, -0.05) is 20.8 Å². The molecular formula is C18H23ClN2O2. The summed E-state index contributed by atoms with van der Waals surface area (Å²) in [4.78, 5) is 16.1. The Hall–Kier alpha value is -1.55. The van der Waals surface area contributed by atoms with Crippen LogP contribution in [-0.4, -0.2) is 22.6 Å². The van der Waals surface area contributed by atoms with Crippen molar-refractivity contribution in [2.45, 2.75) is 46.1 Å². The molecule has 1 aromatic heterocycles. The lowest BCUT2D eigenvalue weighted by molar-refractivity contribution is 0.0601. The van der Waals surface area contributed by atoms with Crippen LogP contribution in [0.4, 0.5) is 0 Å². The van der Waals surface area contributed by atoms with E-state index in [-0.39, 0.29) is 5.97 Å². The summed E-state index contributed by atoms with van der Waals surface area (Å²) in [6.45, 7) is 6.94. The van der Waals surface area contributed by atoms with Gasteiger partial charge in [0.25, 0.3) is 0 Å². The number of ether oxygens (including phenoxy) is 1. The van der Waals surface area contributed by atoms with Gasteiger partial charge in [0.1, 0.15) is 0 Å². The minimum Gasteiger partial charge on any atom is -0.465 e. The number of rotatable bonds is 2. The smallest absolute Gasteiger partial charge is 0.337 e. The first-order chi connectivity index (χ1) is 10.8. The van der Waals surface area contributed by atoms with Crippen molar-refractivity contribution in [1.29, 1.82) is 0 Å². The van der Waals surface area contributed by atoms with Crippen molar-refractivity contribution in [2.24, 2.45) is 11.3 Å². The molecule has 0 bridgehead atoms. The largest absolute Gasteiger partial charge is 0.465 e. The zero-order valence-electron chi connectivity index (χ0n) is 14.1. The van der Waals surface area contributed by atoms with Gasteiger partial charge in [0.2, 0.25) is 5.28 Å². The lowest BCUT2D eigenvalue weighted by Crippen LogP contribution is -2.29. The van der Waals surface area contributed by atoms with Crippen LogP contribution in [-0.2, 0) is 4.74 Å². The molecule has 0 N–H and O–H groups in total. The third-order valence-electron chi connectivity index (χ3n) is 4.80. The molecule has 1 aliphatic carbocycles. The van der Waals surface area contributed by atoms with Crippen LogP contribution in [0.2, 0.25) is 5.28 Å². The SMILES string of the molecule is COC(=O)c1ccc2c(c1)nc(Cl)n2C1C[C@@H](C)CC(C)(C)C1. The molecule has 23 heavy (non-hydrogen) atoms. The Morgan fingerprint density at radius 1 is 1.39 bits per heavy atom. The van der Waals surface area contributed by atoms with E-state index in [1.54, 1.807) is 12.1 Å². The minimum absolute atomic E-state index is 0.300. The van der Waals surface area contributed by atoms with E-state index in [0.29, 0.717) is 28.2 Å². The molecule has 2 atom stereocenters. The van der Waals surface area contributed by atoms with Gasteiger partial charge < -0.3 is 9.30 Å². The summed E-state index contributed by atoms with van der Waals surface area (Å²) in [7, 11) is 1.38. The topological polar surface area (TPSA) is 44.1 Å². The second-order valence-electron chi connectivity index (χ2n) is 7.51. The number of nitrogens with zero attached hydrogens (tertiary/aromatic N) is 2. The summed E-state index contributed by atoms with van der Waals surface area (Å²) in [6, 6.07) is 5.79. The van der Waals surface area contributed by atoms with E-state index in [0.717, 1.165) is 23.9 Å². The molecule has 1 aromatic carbocycles. The van der Waals surface area contributed by atoms with Crippen molar-refractivity contribution in [3.8, 4) is 0 Å². The number of carbonyl (C=O) groups excluding carboxylic acids is 1. The zero-order valence-corrected chi connectivity index (χ0v) is 14.9. The van der Waals surface area contributed by atoms with Crippen LogP contribution in [0.3, 0.4) is 0 Å².